The number of hydrogen-bond acceptors (Lipinski definition) is 8. The van der Waals surface area contributed by atoms with E-state index in [1.54, 1.807) is 0 Å². The average molecular weight is 445 g/mol. The number of carbonyl (C=O) groups excluding carboxylic acids is 2. The first-order valence-corrected chi connectivity index (χ1v) is 11.5. The molecular formula is C23H28N2O5S. The van der Waals surface area contributed by atoms with Crippen LogP contribution >= 0.6 is 11.3 Å². The molecule has 166 valence electrons. The molecule has 31 heavy (non-hydrogen) atoms. The van der Waals surface area contributed by atoms with Crippen molar-refractivity contribution in [2.75, 3.05) is 18.5 Å². The molecule has 0 bridgehead atoms. The minimum atomic E-state index is -1.28. The van der Waals surface area contributed by atoms with Gasteiger partial charge in [-0.25, -0.2) is 4.98 Å². The molecule has 2 aliphatic heterocycles. The zero-order chi connectivity index (χ0) is 22.1. The first-order chi connectivity index (χ1) is 14.8. The number of rotatable bonds is 8. The highest BCUT2D eigenvalue weighted by Gasteiger charge is 2.65. The highest BCUT2D eigenvalue weighted by Crippen LogP contribution is 2.52. The molecule has 3 unspecified atom stereocenters. The number of aryl methyl sites for hydroxylation is 1. The lowest BCUT2D eigenvalue weighted by Gasteiger charge is -2.20. The molecule has 0 amide bonds. The van der Waals surface area contributed by atoms with E-state index in [2.05, 4.69) is 17.2 Å². The normalized spacial score (nSPS) is 27.5. The van der Waals surface area contributed by atoms with Crippen LogP contribution in [0.5, 0.6) is 0 Å². The number of anilines is 2. The van der Waals surface area contributed by atoms with Crippen molar-refractivity contribution in [3.05, 3.63) is 40.9 Å². The van der Waals surface area contributed by atoms with Crippen LogP contribution < -0.4 is 5.32 Å². The Balaban J connectivity index is 1.45. The maximum atomic E-state index is 12.8. The lowest BCUT2D eigenvalue weighted by atomic mass is 9.78. The van der Waals surface area contributed by atoms with Gasteiger partial charge in [-0.1, -0.05) is 31.0 Å². The van der Waals surface area contributed by atoms with Crippen LogP contribution in [-0.4, -0.2) is 36.2 Å². The van der Waals surface area contributed by atoms with Gasteiger partial charge in [-0.15, -0.1) is 11.3 Å². The molecule has 0 saturated carbocycles. The average Bonchev–Trinajstić information content (AvgIpc) is 3.39. The molecule has 2 saturated heterocycles. The minimum Gasteiger partial charge on any atom is -0.459 e. The fraction of sp³-hybridized carbons (Fsp3) is 0.522. The quantitative estimate of drug-likeness (QED) is 0.365. The molecule has 1 aromatic carbocycles. The highest BCUT2D eigenvalue weighted by molar-refractivity contribution is 7.13. The van der Waals surface area contributed by atoms with Gasteiger partial charge in [0.15, 0.2) is 16.1 Å². The number of carbonyl (C=O) groups is 2. The summed E-state index contributed by atoms with van der Waals surface area (Å²) in [6, 6.07) is 8.02. The van der Waals surface area contributed by atoms with Crippen molar-refractivity contribution < 1.29 is 23.8 Å². The van der Waals surface area contributed by atoms with E-state index < -0.39 is 29.1 Å². The van der Waals surface area contributed by atoms with Crippen molar-refractivity contribution in [3.63, 3.8) is 0 Å². The van der Waals surface area contributed by atoms with Crippen LogP contribution in [-0.2, 0) is 29.4 Å². The van der Waals surface area contributed by atoms with Crippen LogP contribution in [0.25, 0.3) is 0 Å². The fourth-order valence-electron chi connectivity index (χ4n) is 4.11. The minimum absolute atomic E-state index is 0.219. The third-order valence-corrected chi connectivity index (χ3v) is 6.64. The van der Waals surface area contributed by atoms with Crippen LogP contribution in [0, 0.1) is 12.3 Å². The molecule has 2 fully saturated rings. The van der Waals surface area contributed by atoms with Crippen molar-refractivity contribution in [3.8, 4) is 0 Å². The molecule has 0 radical (unpaired) electrons. The molecule has 2 aliphatic rings. The number of nitrogens with one attached hydrogen (secondary N) is 1. The smallest absolute Gasteiger partial charge is 0.324 e. The largest absolute Gasteiger partial charge is 0.459 e. The Kier molecular flexibility index (Phi) is 6.03. The van der Waals surface area contributed by atoms with E-state index in [0.29, 0.717) is 24.0 Å². The maximum Gasteiger partial charge on any atom is 0.324 e. The van der Waals surface area contributed by atoms with E-state index >= 15 is 0 Å². The van der Waals surface area contributed by atoms with Gasteiger partial charge in [-0.2, -0.15) is 0 Å². The summed E-state index contributed by atoms with van der Waals surface area (Å²) in [5, 5.41) is 5.84. The SMILES string of the molecule is CCCCOCC1CC2(CC(C)(c3csc(Nc4ccc(C)cc4)n3)OC2=O)C(=O)O1. The summed E-state index contributed by atoms with van der Waals surface area (Å²) in [5.41, 5.74) is 0.493. The molecule has 1 N–H and O–H groups in total. The predicted molar refractivity (Wildman–Crippen MR) is 117 cm³/mol. The summed E-state index contributed by atoms with van der Waals surface area (Å²) >= 11 is 1.43. The van der Waals surface area contributed by atoms with Gasteiger partial charge in [-0.05, 0) is 32.4 Å². The number of hydrogen-bond donors (Lipinski definition) is 1. The van der Waals surface area contributed by atoms with E-state index in [1.807, 2.05) is 43.5 Å². The Hall–Kier alpha value is -2.45. The molecule has 3 heterocycles. The summed E-state index contributed by atoms with van der Waals surface area (Å²) in [6.07, 6.45) is 2.07. The number of nitrogens with zero attached hydrogens (tertiary/aromatic N) is 1. The second-order valence-corrected chi connectivity index (χ2v) is 9.43. The number of benzene rings is 1. The Labute approximate surface area is 186 Å². The molecule has 4 rings (SSSR count). The Bertz CT molecular complexity index is 959. The molecule has 3 atom stereocenters. The Morgan fingerprint density at radius 1 is 1.26 bits per heavy atom. The van der Waals surface area contributed by atoms with Gasteiger partial charge in [0.1, 0.15) is 6.10 Å². The van der Waals surface area contributed by atoms with Crippen molar-refractivity contribution in [1.82, 2.24) is 4.98 Å². The van der Waals surface area contributed by atoms with Crippen LogP contribution in [0.3, 0.4) is 0 Å². The number of esters is 2. The van der Waals surface area contributed by atoms with Gasteiger partial charge >= 0.3 is 11.9 Å². The predicted octanol–water partition coefficient (Wildman–Crippen LogP) is 4.48. The monoisotopic (exact) mass is 444 g/mol. The highest BCUT2D eigenvalue weighted by atomic mass is 32.1. The Morgan fingerprint density at radius 3 is 2.77 bits per heavy atom. The van der Waals surface area contributed by atoms with Gasteiger partial charge < -0.3 is 19.5 Å². The molecular weight excluding hydrogens is 416 g/mol. The lowest BCUT2D eigenvalue weighted by Crippen LogP contribution is -2.32. The van der Waals surface area contributed by atoms with E-state index in [-0.39, 0.29) is 12.8 Å². The number of ether oxygens (including phenoxy) is 3. The zero-order valence-corrected chi connectivity index (χ0v) is 18.9. The van der Waals surface area contributed by atoms with E-state index in [4.69, 9.17) is 14.2 Å². The molecule has 7 nitrogen and oxygen atoms in total. The van der Waals surface area contributed by atoms with E-state index in [9.17, 15) is 9.59 Å². The fourth-order valence-corrected chi connectivity index (χ4v) is 4.96. The molecule has 2 aromatic rings. The van der Waals surface area contributed by atoms with Gasteiger partial charge in [0, 0.05) is 30.5 Å². The third kappa shape index (κ3) is 4.32. The first-order valence-electron chi connectivity index (χ1n) is 10.7. The molecule has 0 aliphatic carbocycles. The third-order valence-electron chi connectivity index (χ3n) is 5.88. The van der Waals surface area contributed by atoms with Crippen LogP contribution in [0.15, 0.2) is 29.6 Å². The van der Waals surface area contributed by atoms with Gasteiger partial charge in [-0.3, -0.25) is 9.59 Å². The van der Waals surface area contributed by atoms with Crippen molar-refractivity contribution in [2.45, 2.75) is 58.2 Å². The van der Waals surface area contributed by atoms with Crippen LogP contribution in [0.1, 0.15) is 50.8 Å². The number of aromatic nitrogens is 1. The standard InChI is InChI=1S/C23H28N2O5S/c1-4-5-10-28-12-17-11-23(19(26)29-17)14-22(3,30-20(23)27)18-13-31-21(25-18)24-16-8-6-15(2)7-9-16/h6-9,13,17H,4-5,10-12,14H2,1-3H3,(H,24,25). The second-order valence-electron chi connectivity index (χ2n) is 8.57. The summed E-state index contributed by atoms with van der Waals surface area (Å²) in [7, 11) is 0. The Morgan fingerprint density at radius 2 is 2.03 bits per heavy atom. The molecule has 1 aromatic heterocycles. The summed E-state index contributed by atoms with van der Waals surface area (Å²) < 4.78 is 16.8. The first kappa shape index (κ1) is 21.8. The molecule has 8 heteroatoms. The number of unbranched alkanes of at least 4 members (excludes halogenated alkanes) is 1. The van der Waals surface area contributed by atoms with E-state index in [0.717, 1.165) is 18.5 Å². The van der Waals surface area contributed by atoms with Crippen molar-refractivity contribution in [2.24, 2.45) is 5.41 Å². The number of thiazole rings is 1. The van der Waals surface area contributed by atoms with Gasteiger partial charge in [0.2, 0.25) is 0 Å². The van der Waals surface area contributed by atoms with Gasteiger partial charge in [0.25, 0.3) is 0 Å². The maximum absolute atomic E-state index is 12.8. The van der Waals surface area contributed by atoms with E-state index in [1.165, 1.54) is 16.9 Å². The summed E-state index contributed by atoms with van der Waals surface area (Å²) in [6.45, 7) is 6.85. The van der Waals surface area contributed by atoms with Crippen molar-refractivity contribution >= 4 is 34.1 Å². The lowest BCUT2D eigenvalue weighted by molar-refractivity contribution is -0.160. The second kappa shape index (κ2) is 8.59. The van der Waals surface area contributed by atoms with Crippen LogP contribution in [0.4, 0.5) is 10.8 Å². The van der Waals surface area contributed by atoms with Crippen LogP contribution in [0.2, 0.25) is 0 Å². The summed E-state index contributed by atoms with van der Waals surface area (Å²) in [4.78, 5) is 30.2. The topological polar surface area (TPSA) is 86.8 Å². The van der Waals surface area contributed by atoms with Gasteiger partial charge in [0.05, 0.1) is 12.3 Å². The summed E-state index contributed by atoms with van der Waals surface area (Å²) in [5.74, 6) is -1.05. The van der Waals surface area contributed by atoms with Crippen molar-refractivity contribution in [1.29, 1.82) is 0 Å². The zero-order valence-electron chi connectivity index (χ0n) is 18.1. The number of cyclic esters (lactones) is 2. The molecule has 1 spiro atoms.